The highest BCUT2D eigenvalue weighted by atomic mass is 16.5. The fraction of sp³-hybridized carbons (Fsp3) is 0.238. The molecule has 0 atom stereocenters. The smallest absolute Gasteiger partial charge is 0.355 e. The Morgan fingerprint density at radius 3 is 2.68 bits per heavy atom. The van der Waals surface area contributed by atoms with Crippen LogP contribution in [0.3, 0.4) is 0 Å². The largest absolute Gasteiger partial charge is 0.497 e. The van der Waals surface area contributed by atoms with Crippen molar-refractivity contribution in [1.82, 2.24) is 4.98 Å². The Morgan fingerprint density at radius 1 is 1.04 bits per heavy atom. The third-order valence-corrected chi connectivity index (χ3v) is 4.45. The molecule has 1 aliphatic heterocycles. The average Bonchev–Trinajstić information content (AvgIpc) is 3.01. The summed E-state index contributed by atoms with van der Waals surface area (Å²) in [5, 5.41) is 0.849. The van der Waals surface area contributed by atoms with Gasteiger partial charge in [-0.2, -0.15) is 0 Å². The van der Waals surface area contributed by atoms with Gasteiger partial charge in [0.05, 0.1) is 20.3 Å². The first kappa shape index (κ1) is 17.9. The molecule has 0 radical (unpaired) electrons. The molecule has 0 amide bonds. The summed E-state index contributed by atoms with van der Waals surface area (Å²) < 4.78 is 21.5. The lowest BCUT2D eigenvalue weighted by Gasteiger charge is -2.09. The van der Waals surface area contributed by atoms with Crippen LogP contribution in [0, 0.1) is 0 Å². The van der Waals surface area contributed by atoms with E-state index in [1.807, 2.05) is 6.07 Å². The highest BCUT2D eigenvalue weighted by molar-refractivity contribution is 6.00. The number of nitrogens with one attached hydrogen (secondary N) is 1. The molecular weight excluding hydrogens is 362 g/mol. The number of ketones is 1. The number of carbonyl (C=O) groups is 2. The van der Waals surface area contributed by atoms with Crippen molar-refractivity contribution in [3.63, 3.8) is 0 Å². The van der Waals surface area contributed by atoms with Gasteiger partial charge in [0.1, 0.15) is 11.4 Å². The van der Waals surface area contributed by atoms with Gasteiger partial charge in [-0.05, 0) is 36.4 Å². The van der Waals surface area contributed by atoms with Crippen LogP contribution in [0.2, 0.25) is 0 Å². The molecule has 0 unspecified atom stereocenters. The molecule has 0 aliphatic carbocycles. The number of H-pyrrole nitrogens is 1. The molecule has 144 valence electrons. The number of hydrogen-bond acceptors (Lipinski definition) is 6. The van der Waals surface area contributed by atoms with Crippen molar-refractivity contribution in [2.24, 2.45) is 0 Å². The van der Waals surface area contributed by atoms with Crippen molar-refractivity contribution in [3.05, 3.63) is 53.7 Å². The van der Waals surface area contributed by atoms with Gasteiger partial charge in [0.15, 0.2) is 23.9 Å². The topological polar surface area (TPSA) is 86.8 Å². The van der Waals surface area contributed by atoms with Crippen LogP contribution in [0.1, 0.15) is 27.3 Å². The van der Waals surface area contributed by atoms with E-state index in [2.05, 4.69) is 4.98 Å². The highest BCUT2D eigenvalue weighted by Crippen LogP contribution is 2.30. The van der Waals surface area contributed by atoms with Crippen LogP contribution in [0.4, 0.5) is 0 Å². The molecule has 7 heteroatoms. The van der Waals surface area contributed by atoms with Gasteiger partial charge in [0, 0.05) is 29.0 Å². The van der Waals surface area contributed by atoms with Crippen LogP contribution in [-0.2, 0) is 4.74 Å². The second kappa shape index (κ2) is 7.64. The van der Waals surface area contributed by atoms with E-state index in [1.54, 1.807) is 43.5 Å². The zero-order valence-electron chi connectivity index (χ0n) is 15.3. The summed E-state index contributed by atoms with van der Waals surface area (Å²) in [6, 6.07) is 12.1. The number of ether oxygens (including phenoxy) is 4. The van der Waals surface area contributed by atoms with Crippen molar-refractivity contribution >= 4 is 22.7 Å². The number of hydrogen-bond donors (Lipinski definition) is 1. The molecule has 1 N–H and O–H groups in total. The summed E-state index contributed by atoms with van der Waals surface area (Å²) in [5.41, 5.74) is 1.42. The maximum absolute atomic E-state index is 12.4. The molecule has 0 fully saturated rings. The minimum absolute atomic E-state index is 0.273. The standard InChI is InChI=1S/C21H19NO6/c1-25-15-5-3-13-9-17(22-16(13)11-15)21(24)28-12-18(23)14-4-6-19-20(10-14)27-8-2-7-26-19/h3-6,9-11,22H,2,7-8,12H2,1H3. The Morgan fingerprint density at radius 2 is 1.86 bits per heavy atom. The number of Topliss-reactive ketones (excluding diaryl/α,β-unsaturated/α-hetero) is 1. The Hall–Kier alpha value is -3.48. The molecule has 1 aromatic heterocycles. The minimum atomic E-state index is -0.599. The lowest BCUT2D eigenvalue weighted by Crippen LogP contribution is -2.14. The summed E-state index contributed by atoms with van der Waals surface area (Å²) in [4.78, 5) is 27.7. The number of benzene rings is 2. The van der Waals surface area contributed by atoms with Gasteiger partial charge in [-0.1, -0.05) is 0 Å². The monoisotopic (exact) mass is 381 g/mol. The van der Waals surface area contributed by atoms with Gasteiger partial charge in [0.2, 0.25) is 0 Å². The third-order valence-electron chi connectivity index (χ3n) is 4.45. The van der Waals surface area contributed by atoms with E-state index in [0.29, 0.717) is 36.0 Å². The summed E-state index contributed by atoms with van der Waals surface area (Å²) in [6.45, 7) is 0.746. The number of aromatic amines is 1. The quantitative estimate of drug-likeness (QED) is 0.539. The van der Waals surface area contributed by atoms with E-state index in [9.17, 15) is 9.59 Å². The van der Waals surface area contributed by atoms with Crippen LogP contribution in [0.15, 0.2) is 42.5 Å². The highest BCUT2D eigenvalue weighted by Gasteiger charge is 2.17. The number of carbonyl (C=O) groups excluding carboxylic acids is 2. The Kier molecular flexibility index (Phi) is 4.89. The molecule has 0 saturated heterocycles. The van der Waals surface area contributed by atoms with Crippen molar-refractivity contribution in [3.8, 4) is 17.2 Å². The molecule has 28 heavy (non-hydrogen) atoms. The molecule has 2 heterocycles. The lowest BCUT2D eigenvalue weighted by molar-refractivity contribution is 0.0470. The third kappa shape index (κ3) is 3.64. The van der Waals surface area contributed by atoms with Gasteiger partial charge < -0.3 is 23.9 Å². The normalized spacial score (nSPS) is 13.0. The predicted molar refractivity (Wildman–Crippen MR) is 102 cm³/mol. The van der Waals surface area contributed by atoms with E-state index in [0.717, 1.165) is 17.3 Å². The van der Waals surface area contributed by atoms with E-state index < -0.39 is 5.97 Å². The average molecular weight is 381 g/mol. The number of fused-ring (bicyclic) bond motifs is 2. The summed E-state index contributed by atoms with van der Waals surface area (Å²) in [7, 11) is 1.57. The van der Waals surface area contributed by atoms with Crippen LogP contribution >= 0.6 is 0 Å². The zero-order chi connectivity index (χ0) is 19.5. The molecule has 4 rings (SSSR count). The second-order valence-electron chi connectivity index (χ2n) is 6.35. The number of methoxy groups -OCH3 is 1. The van der Waals surface area contributed by atoms with Gasteiger partial charge in [-0.15, -0.1) is 0 Å². The van der Waals surface area contributed by atoms with E-state index in [-0.39, 0.29) is 18.1 Å². The minimum Gasteiger partial charge on any atom is -0.497 e. The van der Waals surface area contributed by atoms with E-state index in [4.69, 9.17) is 18.9 Å². The van der Waals surface area contributed by atoms with Gasteiger partial charge >= 0.3 is 5.97 Å². The molecule has 0 bridgehead atoms. The summed E-state index contributed by atoms with van der Waals surface area (Å²) >= 11 is 0. The molecule has 2 aromatic carbocycles. The first-order valence-corrected chi connectivity index (χ1v) is 8.91. The van der Waals surface area contributed by atoms with Crippen molar-refractivity contribution < 1.29 is 28.5 Å². The van der Waals surface area contributed by atoms with Crippen molar-refractivity contribution in [1.29, 1.82) is 0 Å². The van der Waals surface area contributed by atoms with Crippen LogP contribution in [0.25, 0.3) is 10.9 Å². The maximum Gasteiger partial charge on any atom is 0.355 e. The zero-order valence-corrected chi connectivity index (χ0v) is 15.3. The summed E-state index contributed by atoms with van der Waals surface area (Å²) in [5.74, 6) is 0.900. The molecule has 3 aromatic rings. The lowest BCUT2D eigenvalue weighted by atomic mass is 10.1. The molecule has 7 nitrogen and oxygen atoms in total. The van der Waals surface area contributed by atoms with Crippen LogP contribution < -0.4 is 14.2 Å². The van der Waals surface area contributed by atoms with E-state index >= 15 is 0 Å². The molecule has 1 aliphatic rings. The van der Waals surface area contributed by atoms with Crippen molar-refractivity contribution in [2.75, 3.05) is 26.9 Å². The Balaban J connectivity index is 1.43. The Labute approximate surface area is 161 Å². The predicted octanol–water partition coefficient (Wildman–Crippen LogP) is 3.38. The van der Waals surface area contributed by atoms with Crippen LogP contribution in [0.5, 0.6) is 17.2 Å². The fourth-order valence-corrected chi connectivity index (χ4v) is 2.97. The van der Waals surface area contributed by atoms with Crippen molar-refractivity contribution in [2.45, 2.75) is 6.42 Å². The summed E-state index contributed by atoms with van der Waals surface area (Å²) in [6.07, 6.45) is 0.784. The van der Waals surface area contributed by atoms with Gasteiger partial charge in [-0.3, -0.25) is 4.79 Å². The molecule has 0 spiro atoms. The number of rotatable bonds is 5. The second-order valence-corrected chi connectivity index (χ2v) is 6.35. The van der Waals surface area contributed by atoms with Gasteiger partial charge in [0.25, 0.3) is 0 Å². The fourth-order valence-electron chi connectivity index (χ4n) is 2.97. The van der Waals surface area contributed by atoms with E-state index in [1.165, 1.54) is 0 Å². The molecular formula is C21H19NO6. The SMILES string of the molecule is COc1ccc2cc(C(=O)OCC(=O)c3ccc4c(c3)OCCCO4)[nH]c2c1. The maximum atomic E-state index is 12.4. The first-order chi connectivity index (χ1) is 13.6. The number of esters is 1. The number of aromatic nitrogens is 1. The molecule has 0 saturated carbocycles. The van der Waals surface area contributed by atoms with Gasteiger partial charge in [-0.25, -0.2) is 4.79 Å². The Bertz CT molecular complexity index is 1040. The van der Waals surface area contributed by atoms with Crippen LogP contribution in [-0.4, -0.2) is 43.7 Å². The first-order valence-electron chi connectivity index (χ1n) is 8.91.